The van der Waals surface area contributed by atoms with Gasteiger partial charge >= 0.3 is 6.18 Å². The lowest BCUT2D eigenvalue weighted by molar-refractivity contribution is -0.137. The summed E-state index contributed by atoms with van der Waals surface area (Å²) < 4.78 is 70.4. The predicted molar refractivity (Wildman–Crippen MR) is 111 cm³/mol. The van der Waals surface area contributed by atoms with E-state index in [9.17, 15) is 26.4 Å². The van der Waals surface area contributed by atoms with Crippen molar-refractivity contribution in [3.05, 3.63) is 59.8 Å². The van der Waals surface area contributed by atoms with E-state index in [0.717, 1.165) is 12.1 Å². The number of rotatable bonds is 6. The number of benzene rings is 1. The van der Waals surface area contributed by atoms with Crippen molar-refractivity contribution in [2.75, 3.05) is 13.1 Å². The summed E-state index contributed by atoms with van der Waals surface area (Å²) in [6.45, 7) is 0.403. The van der Waals surface area contributed by atoms with Crippen molar-refractivity contribution >= 4 is 15.9 Å². The van der Waals surface area contributed by atoms with Crippen LogP contribution < -0.4 is 5.32 Å². The Morgan fingerprint density at radius 1 is 1.12 bits per heavy atom. The van der Waals surface area contributed by atoms with Gasteiger partial charge in [-0.05, 0) is 48.7 Å². The molecule has 0 radical (unpaired) electrons. The highest BCUT2D eigenvalue weighted by Crippen LogP contribution is 2.30. The van der Waals surface area contributed by atoms with Gasteiger partial charge in [0.1, 0.15) is 5.69 Å². The zero-order valence-corrected chi connectivity index (χ0v) is 18.1. The lowest BCUT2D eigenvalue weighted by Gasteiger charge is -2.29. The molecular weight excluding hydrogens is 461 g/mol. The van der Waals surface area contributed by atoms with E-state index in [0.29, 0.717) is 29.9 Å². The average Bonchev–Trinajstić information content (AvgIpc) is 3.49. The Labute approximate surface area is 187 Å². The summed E-state index contributed by atoms with van der Waals surface area (Å²) in [6, 6.07) is 9.16. The van der Waals surface area contributed by atoms with E-state index in [4.69, 9.17) is 4.42 Å². The van der Waals surface area contributed by atoms with E-state index in [2.05, 4.69) is 15.5 Å². The Morgan fingerprint density at radius 3 is 2.42 bits per heavy atom. The Kier molecular flexibility index (Phi) is 6.30. The smallest absolute Gasteiger partial charge is 0.416 e. The van der Waals surface area contributed by atoms with E-state index in [1.165, 1.54) is 28.7 Å². The molecule has 0 bridgehead atoms. The van der Waals surface area contributed by atoms with Crippen LogP contribution >= 0.6 is 0 Å². The number of nitrogens with zero attached hydrogens (tertiary/aromatic N) is 2. The molecule has 2 N–H and O–H groups in total. The van der Waals surface area contributed by atoms with Gasteiger partial charge in [-0.3, -0.25) is 9.89 Å². The minimum Gasteiger partial charge on any atom is -0.442 e. The highest BCUT2D eigenvalue weighted by molar-refractivity contribution is 7.89. The number of carbonyl (C=O) groups is 1. The molecule has 0 unspecified atom stereocenters. The Morgan fingerprint density at radius 2 is 1.82 bits per heavy atom. The van der Waals surface area contributed by atoms with Crippen LogP contribution in [0.25, 0.3) is 11.5 Å². The van der Waals surface area contributed by atoms with Crippen molar-refractivity contribution < 1.29 is 30.8 Å². The number of aromatic amines is 1. The minimum absolute atomic E-state index is 0.0955. The van der Waals surface area contributed by atoms with Gasteiger partial charge in [-0.25, -0.2) is 8.42 Å². The fraction of sp³-hybridized carbons (Fsp3) is 0.333. The Hall–Kier alpha value is -3.12. The number of alkyl halides is 3. The van der Waals surface area contributed by atoms with Gasteiger partial charge in [0, 0.05) is 31.7 Å². The number of sulfonamides is 1. The first-order chi connectivity index (χ1) is 15.6. The van der Waals surface area contributed by atoms with Crippen molar-refractivity contribution in [1.82, 2.24) is 19.8 Å². The van der Waals surface area contributed by atoms with Gasteiger partial charge in [-0.1, -0.05) is 12.1 Å². The molecule has 8 nitrogen and oxygen atoms in total. The average molecular weight is 482 g/mol. The zero-order chi connectivity index (χ0) is 23.6. The maximum Gasteiger partial charge on any atom is 0.416 e. The number of nitrogens with one attached hydrogen (secondary N) is 2. The van der Waals surface area contributed by atoms with Gasteiger partial charge in [0.05, 0.1) is 5.56 Å². The lowest BCUT2D eigenvalue weighted by Crippen LogP contribution is -2.42. The van der Waals surface area contributed by atoms with Crippen LogP contribution in [0.1, 0.15) is 24.0 Å². The number of piperidine rings is 1. The normalized spacial score (nSPS) is 16.1. The molecule has 1 aromatic carbocycles. The van der Waals surface area contributed by atoms with Gasteiger partial charge in [0.15, 0.2) is 5.76 Å². The van der Waals surface area contributed by atoms with Crippen LogP contribution in [0.15, 0.2) is 58.2 Å². The second-order valence-corrected chi connectivity index (χ2v) is 9.55. The van der Waals surface area contributed by atoms with Crippen molar-refractivity contribution in [2.45, 2.75) is 30.7 Å². The molecule has 1 amide bonds. The molecule has 33 heavy (non-hydrogen) atoms. The first kappa shape index (κ1) is 23.1. The summed E-state index contributed by atoms with van der Waals surface area (Å²) in [5.41, 5.74) is 0.349. The van der Waals surface area contributed by atoms with Crippen molar-refractivity contribution in [3.63, 3.8) is 0 Å². The van der Waals surface area contributed by atoms with Gasteiger partial charge in [-0.15, -0.1) is 0 Å². The quantitative estimate of drug-likeness (QED) is 0.560. The van der Waals surface area contributed by atoms with Gasteiger partial charge in [-0.2, -0.15) is 22.6 Å². The van der Waals surface area contributed by atoms with Crippen molar-refractivity contribution in [2.24, 2.45) is 5.92 Å². The molecule has 1 saturated heterocycles. The second kappa shape index (κ2) is 9.02. The molecule has 3 heterocycles. The molecule has 1 fully saturated rings. The fourth-order valence-electron chi connectivity index (χ4n) is 3.63. The Balaban J connectivity index is 1.30. The summed E-state index contributed by atoms with van der Waals surface area (Å²) in [4.78, 5) is 12.5. The van der Waals surface area contributed by atoms with E-state index in [1.54, 1.807) is 12.1 Å². The Bertz CT molecular complexity index is 1200. The van der Waals surface area contributed by atoms with Crippen molar-refractivity contribution in [1.29, 1.82) is 0 Å². The molecule has 3 aromatic rings. The molecule has 0 aliphatic carbocycles. The van der Waals surface area contributed by atoms with E-state index in [-0.39, 0.29) is 36.6 Å². The molecule has 1 aliphatic heterocycles. The van der Waals surface area contributed by atoms with Crippen LogP contribution in [0.5, 0.6) is 0 Å². The second-order valence-electron chi connectivity index (χ2n) is 7.68. The lowest BCUT2D eigenvalue weighted by atomic mass is 9.97. The van der Waals surface area contributed by atoms with E-state index < -0.39 is 21.8 Å². The SMILES string of the molecule is O=C(NCc1ccc(C(F)(F)F)cc1)C1CCN(S(=O)(=O)c2ccc(-c3ccn[nH]3)o2)CC1. The summed E-state index contributed by atoms with van der Waals surface area (Å²) in [5.74, 6) is -0.293. The van der Waals surface area contributed by atoms with Crippen LogP contribution in [-0.4, -0.2) is 41.9 Å². The van der Waals surface area contributed by atoms with Crippen LogP contribution in [0.4, 0.5) is 13.2 Å². The number of furan rings is 1. The summed E-state index contributed by atoms with van der Waals surface area (Å²) >= 11 is 0. The predicted octanol–water partition coefficient (Wildman–Crippen LogP) is 3.41. The topological polar surface area (TPSA) is 108 Å². The van der Waals surface area contributed by atoms with Gasteiger partial charge in [0.25, 0.3) is 10.0 Å². The molecule has 0 spiro atoms. The summed E-state index contributed by atoms with van der Waals surface area (Å²) in [7, 11) is -3.84. The first-order valence-corrected chi connectivity index (χ1v) is 11.6. The van der Waals surface area contributed by atoms with Gasteiger partial charge < -0.3 is 9.73 Å². The molecule has 0 saturated carbocycles. The highest BCUT2D eigenvalue weighted by atomic mass is 32.2. The minimum atomic E-state index is -4.41. The third-order valence-electron chi connectivity index (χ3n) is 5.51. The molecule has 2 aromatic heterocycles. The molecule has 176 valence electrons. The van der Waals surface area contributed by atoms with E-state index in [1.807, 2.05) is 0 Å². The molecule has 4 rings (SSSR count). The standard InChI is InChI=1S/C21H21F3N4O4S/c22-21(23,24)16-3-1-14(2-4-16)13-25-20(29)15-8-11-28(12-9-15)33(30,31)19-6-5-18(32-19)17-7-10-26-27-17/h1-7,10,15H,8-9,11-13H2,(H,25,29)(H,26,27). The van der Waals surface area contributed by atoms with Crippen LogP contribution in [0.3, 0.4) is 0 Å². The van der Waals surface area contributed by atoms with Crippen LogP contribution in [-0.2, 0) is 27.5 Å². The number of hydrogen-bond donors (Lipinski definition) is 2. The first-order valence-electron chi connectivity index (χ1n) is 10.2. The fourth-order valence-corrected chi connectivity index (χ4v) is 5.01. The van der Waals surface area contributed by atoms with Crippen molar-refractivity contribution in [3.8, 4) is 11.5 Å². The molecule has 1 aliphatic rings. The van der Waals surface area contributed by atoms with E-state index >= 15 is 0 Å². The molecule has 0 atom stereocenters. The van der Waals surface area contributed by atoms with Crippen LogP contribution in [0, 0.1) is 5.92 Å². The number of hydrogen-bond acceptors (Lipinski definition) is 5. The summed E-state index contributed by atoms with van der Waals surface area (Å²) in [6.07, 6.45) is -2.23. The largest absolute Gasteiger partial charge is 0.442 e. The third-order valence-corrected chi connectivity index (χ3v) is 7.29. The zero-order valence-electron chi connectivity index (χ0n) is 17.3. The van der Waals surface area contributed by atoms with Gasteiger partial charge in [0.2, 0.25) is 11.0 Å². The molecule has 12 heteroatoms. The number of H-pyrrole nitrogens is 1. The number of aromatic nitrogens is 2. The number of carbonyl (C=O) groups excluding carboxylic acids is 1. The number of amides is 1. The maximum atomic E-state index is 12.9. The monoisotopic (exact) mass is 482 g/mol. The maximum absolute atomic E-state index is 12.9. The summed E-state index contributed by atoms with van der Waals surface area (Å²) in [5, 5.41) is 9.04. The number of halogens is 3. The third kappa shape index (κ3) is 5.11. The van der Waals surface area contributed by atoms with Crippen LogP contribution in [0.2, 0.25) is 0 Å². The molecular formula is C21H21F3N4O4S. The highest BCUT2D eigenvalue weighted by Gasteiger charge is 2.34.